The Morgan fingerprint density at radius 2 is 1.87 bits per heavy atom. The van der Waals surface area contributed by atoms with Crippen LogP contribution in [-0.2, 0) is 16.1 Å². The van der Waals surface area contributed by atoms with E-state index in [4.69, 9.17) is 10.8 Å². The van der Waals surface area contributed by atoms with E-state index in [1.807, 2.05) is 28.8 Å². The van der Waals surface area contributed by atoms with Crippen LogP contribution < -0.4 is 15.4 Å². The van der Waals surface area contributed by atoms with Crippen LogP contribution in [-0.4, -0.2) is 50.4 Å². The van der Waals surface area contributed by atoms with Crippen LogP contribution in [0.25, 0.3) is 0 Å². The van der Waals surface area contributed by atoms with Gasteiger partial charge >= 0.3 is 0 Å². The van der Waals surface area contributed by atoms with Crippen LogP contribution in [0.3, 0.4) is 0 Å². The molecule has 3 heterocycles. The molecule has 1 aromatic carbocycles. The molecule has 4 atom stereocenters. The zero-order valence-corrected chi connectivity index (χ0v) is 18.1. The number of fused-ring (bicyclic) bond motifs is 1. The standard InChI is InChI=1S/C21H21N3O5S2/c22-17(26)13-5-8-23(9-6-13)11-12-1-3-14(4-2-12)30-21-16(20(28)29)24-18(27)15(7-10-25)19(24)31-21/h1-6,8-9,15-16,19,21,25H,7,10-11H2,(H2-,22,26,28,29)/t15-,16?,19?,21?/m0/s1. The summed E-state index contributed by atoms with van der Waals surface area (Å²) in [5, 5.41) is 20.6. The number of carboxylic acid groups (broad SMARTS) is 1. The number of aliphatic carboxylic acids is 1. The molecule has 0 bridgehead atoms. The van der Waals surface area contributed by atoms with Gasteiger partial charge < -0.3 is 25.6 Å². The van der Waals surface area contributed by atoms with Crippen molar-refractivity contribution >= 4 is 41.3 Å². The van der Waals surface area contributed by atoms with Gasteiger partial charge in [-0.15, -0.1) is 23.5 Å². The fraction of sp³-hybridized carbons (Fsp3) is 0.333. The van der Waals surface area contributed by atoms with E-state index in [2.05, 4.69) is 0 Å². The first-order valence-electron chi connectivity index (χ1n) is 9.73. The van der Waals surface area contributed by atoms with Gasteiger partial charge in [-0.05, 0) is 18.6 Å². The predicted molar refractivity (Wildman–Crippen MR) is 113 cm³/mol. The molecule has 3 unspecified atom stereocenters. The molecule has 0 aliphatic carbocycles. The number of benzene rings is 1. The van der Waals surface area contributed by atoms with Crippen LogP contribution in [0.2, 0.25) is 0 Å². The smallest absolute Gasteiger partial charge is 0.249 e. The maximum atomic E-state index is 12.3. The number of rotatable bonds is 8. The van der Waals surface area contributed by atoms with Crippen molar-refractivity contribution in [3.8, 4) is 0 Å². The van der Waals surface area contributed by atoms with Gasteiger partial charge in [0, 0.05) is 29.2 Å². The van der Waals surface area contributed by atoms with Crippen LogP contribution in [0.1, 0.15) is 22.3 Å². The number of hydrogen-bond donors (Lipinski definition) is 2. The fourth-order valence-corrected chi connectivity index (χ4v) is 7.12. The molecule has 2 aliphatic heterocycles. The first-order chi connectivity index (χ1) is 14.9. The Balaban J connectivity index is 1.42. The summed E-state index contributed by atoms with van der Waals surface area (Å²) in [6.07, 6.45) is 3.91. The summed E-state index contributed by atoms with van der Waals surface area (Å²) in [6, 6.07) is 10.1. The van der Waals surface area contributed by atoms with E-state index in [1.165, 1.54) is 28.4 Å². The number of pyridine rings is 1. The zero-order chi connectivity index (χ0) is 22.1. The van der Waals surface area contributed by atoms with Crippen molar-refractivity contribution in [2.24, 2.45) is 11.7 Å². The van der Waals surface area contributed by atoms with Crippen molar-refractivity contribution < 1.29 is 29.2 Å². The van der Waals surface area contributed by atoms with Gasteiger partial charge in [0.25, 0.3) is 0 Å². The molecule has 10 heteroatoms. The van der Waals surface area contributed by atoms with Gasteiger partial charge in [-0.3, -0.25) is 9.59 Å². The Labute approximate surface area is 187 Å². The Kier molecular flexibility index (Phi) is 6.22. The molecule has 3 N–H and O–H groups in total. The summed E-state index contributed by atoms with van der Waals surface area (Å²) >= 11 is 2.85. The number of hydrogen-bond acceptors (Lipinski definition) is 7. The summed E-state index contributed by atoms with van der Waals surface area (Å²) in [4.78, 5) is 37.5. The minimum Gasteiger partial charge on any atom is -0.548 e. The molecular formula is C21H21N3O5S2. The number of primary amides is 1. The van der Waals surface area contributed by atoms with E-state index in [-0.39, 0.29) is 28.4 Å². The van der Waals surface area contributed by atoms with Gasteiger partial charge in [0.05, 0.1) is 33.4 Å². The third kappa shape index (κ3) is 4.28. The Morgan fingerprint density at radius 1 is 1.19 bits per heavy atom. The monoisotopic (exact) mass is 459 g/mol. The Bertz CT molecular complexity index is 999. The molecule has 2 fully saturated rings. The minimum atomic E-state index is -1.25. The highest BCUT2D eigenvalue weighted by atomic mass is 32.2. The quantitative estimate of drug-likeness (QED) is 0.405. The molecule has 31 heavy (non-hydrogen) atoms. The van der Waals surface area contributed by atoms with Crippen LogP contribution >= 0.6 is 23.5 Å². The fourth-order valence-electron chi connectivity index (χ4n) is 3.82. The summed E-state index contributed by atoms with van der Waals surface area (Å²) in [5.74, 6) is -2.28. The maximum Gasteiger partial charge on any atom is 0.249 e. The summed E-state index contributed by atoms with van der Waals surface area (Å²) in [7, 11) is 0. The van der Waals surface area contributed by atoms with Gasteiger partial charge in [0.15, 0.2) is 18.9 Å². The van der Waals surface area contributed by atoms with E-state index in [0.29, 0.717) is 18.5 Å². The van der Waals surface area contributed by atoms with Crippen LogP contribution in [0.4, 0.5) is 0 Å². The van der Waals surface area contributed by atoms with Crippen molar-refractivity contribution in [2.45, 2.75) is 33.9 Å². The number of aliphatic hydroxyl groups excluding tert-OH is 1. The van der Waals surface area contributed by atoms with E-state index in [1.54, 1.807) is 24.5 Å². The number of carbonyl (C=O) groups excluding carboxylic acids is 3. The Morgan fingerprint density at radius 3 is 2.45 bits per heavy atom. The van der Waals surface area contributed by atoms with Gasteiger partial charge in [-0.1, -0.05) is 12.1 Å². The molecule has 1 aromatic heterocycles. The van der Waals surface area contributed by atoms with Crippen molar-refractivity contribution in [2.75, 3.05) is 6.61 Å². The number of carboxylic acids is 1. The lowest BCUT2D eigenvalue weighted by Crippen LogP contribution is -2.63. The molecule has 0 saturated carbocycles. The minimum absolute atomic E-state index is 0.0974. The number of aromatic nitrogens is 1. The maximum absolute atomic E-state index is 12.3. The van der Waals surface area contributed by atoms with Crippen LogP contribution in [0, 0.1) is 5.92 Å². The van der Waals surface area contributed by atoms with Gasteiger partial charge in [-0.2, -0.15) is 0 Å². The van der Waals surface area contributed by atoms with E-state index < -0.39 is 17.9 Å². The Hall–Kier alpha value is -2.56. The third-order valence-corrected chi connectivity index (χ3v) is 8.44. The molecule has 0 radical (unpaired) electrons. The van der Waals surface area contributed by atoms with Crippen molar-refractivity contribution in [3.05, 3.63) is 59.9 Å². The average molecular weight is 460 g/mol. The first-order valence-corrected chi connectivity index (χ1v) is 11.5. The first kappa shape index (κ1) is 21.7. The SMILES string of the molecule is NC(=O)c1cc[n+](Cc2ccc(SC3SC4[C@@H](CCO)C(=O)N4C3C(=O)[O-])cc2)cc1. The van der Waals surface area contributed by atoms with E-state index >= 15 is 0 Å². The lowest BCUT2D eigenvalue weighted by molar-refractivity contribution is -0.688. The largest absolute Gasteiger partial charge is 0.548 e. The number of nitrogens with two attached hydrogens (primary N) is 1. The molecule has 8 nitrogen and oxygen atoms in total. The van der Waals surface area contributed by atoms with Crippen molar-refractivity contribution in [1.82, 2.24) is 4.90 Å². The molecule has 162 valence electrons. The second-order valence-corrected chi connectivity index (χ2v) is 10.2. The number of aliphatic hydroxyl groups is 1. The van der Waals surface area contributed by atoms with Crippen LogP contribution in [0.15, 0.2) is 53.7 Å². The highest BCUT2D eigenvalue weighted by Crippen LogP contribution is 2.53. The second-order valence-electron chi connectivity index (χ2n) is 7.41. The van der Waals surface area contributed by atoms with E-state index in [0.717, 1.165) is 10.5 Å². The normalized spacial score (nSPS) is 24.5. The lowest BCUT2D eigenvalue weighted by Gasteiger charge is -2.44. The zero-order valence-electron chi connectivity index (χ0n) is 16.4. The summed E-state index contributed by atoms with van der Waals surface area (Å²) < 4.78 is 1.55. The number of β-lactam (4-membered cyclic amide) rings is 1. The molecular weight excluding hydrogens is 438 g/mol. The third-order valence-electron chi connectivity index (χ3n) is 5.42. The number of amides is 2. The summed E-state index contributed by atoms with van der Waals surface area (Å²) in [6.45, 7) is 0.511. The van der Waals surface area contributed by atoms with Crippen LogP contribution in [0.5, 0.6) is 0 Å². The molecule has 2 amide bonds. The molecule has 0 spiro atoms. The van der Waals surface area contributed by atoms with Crippen molar-refractivity contribution in [1.29, 1.82) is 0 Å². The highest BCUT2D eigenvalue weighted by Gasteiger charge is 2.58. The molecule has 2 aromatic rings. The van der Waals surface area contributed by atoms with Gasteiger partial charge in [-0.25, -0.2) is 4.57 Å². The number of nitrogens with zero attached hydrogens (tertiary/aromatic N) is 2. The average Bonchev–Trinajstić information content (AvgIpc) is 3.09. The topological polar surface area (TPSA) is 128 Å². The lowest BCUT2D eigenvalue weighted by atomic mass is 9.93. The highest BCUT2D eigenvalue weighted by molar-refractivity contribution is 8.17. The molecule has 2 aliphatic rings. The van der Waals surface area contributed by atoms with Gasteiger partial charge in [0.2, 0.25) is 11.8 Å². The summed E-state index contributed by atoms with van der Waals surface area (Å²) in [5.41, 5.74) is 6.74. The van der Waals surface area contributed by atoms with E-state index in [9.17, 15) is 19.5 Å². The van der Waals surface area contributed by atoms with Crippen molar-refractivity contribution in [3.63, 3.8) is 0 Å². The molecule has 4 rings (SSSR count). The number of carbonyl (C=O) groups is 3. The number of thioether (sulfide) groups is 2. The second kappa shape index (κ2) is 8.89. The predicted octanol–water partition coefficient (Wildman–Crippen LogP) is -0.428. The van der Waals surface area contributed by atoms with Gasteiger partial charge in [0.1, 0.15) is 0 Å². The molecule has 2 saturated heterocycles.